The maximum atomic E-state index is 9.43. The van der Waals surface area contributed by atoms with Gasteiger partial charge < -0.3 is 9.84 Å². The lowest BCUT2D eigenvalue weighted by atomic mass is 10.2. The van der Waals surface area contributed by atoms with Crippen LogP contribution in [0.5, 0.6) is 11.5 Å². The number of rotatable bonds is 3. The molecular formula is C14H15N3O2. The van der Waals surface area contributed by atoms with Gasteiger partial charge in [-0.3, -0.25) is 5.32 Å². The first kappa shape index (κ1) is 11.9. The summed E-state index contributed by atoms with van der Waals surface area (Å²) in [6.07, 6.45) is 5.52. The van der Waals surface area contributed by atoms with Crippen LogP contribution in [-0.4, -0.2) is 27.8 Å². The molecule has 2 N–H and O–H groups in total. The van der Waals surface area contributed by atoms with Gasteiger partial charge in [-0.15, -0.1) is 0 Å². The van der Waals surface area contributed by atoms with E-state index in [2.05, 4.69) is 15.3 Å². The van der Waals surface area contributed by atoms with Crippen molar-refractivity contribution >= 4 is 0 Å². The molecule has 1 aromatic carbocycles. The lowest BCUT2D eigenvalue weighted by Crippen LogP contribution is -2.27. The van der Waals surface area contributed by atoms with Gasteiger partial charge in [-0.2, -0.15) is 0 Å². The fourth-order valence-electron chi connectivity index (χ4n) is 2.09. The lowest BCUT2D eigenvalue weighted by Gasteiger charge is -2.12. The van der Waals surface area contributed by atoms with E-state index in [-0.39, 0.29) is 12.0 Å². The molecule has 0 radical (unpaired) electrons. The molecule has 1 aliphatic heterocycles. The molecule has 0 amide bonds. The minimum Gasteiger partial charge on any atom is -0.508 e. The molecule has 5 heteroatoms. The Morgan fingerprint density at radius 1 is 1.26 bits per heavy atom. The third kappa shape index (κ3) is 2.82. The zero-order valence-electron chi connectivity index (χ0n) is 10.4. The second-order valence-corrected chi connectivity index (χ2v) is 4.50. The number of phenols is 1. The van der Waals surface area contributed by atoms with Crippen LogP contribution in [0.2, 0.25) is 0 Å². The monoisotopic (exact) mass is 257 g/mol. The second kappa shape index (κ2) is 5.24. The summed E-state index contributed by atoms with van der Waals surface area (Å²) in [6.45, 7) is 0.993. The minimum atomic E-state index is 0.0650. The van der Waals surface area contributed by atoms with Gasteiger partial charge in [-0.1, -0.05) is 12.1 Å². The van der Waals surface area contributed by atoms with Crippen molar-refractivity contribution in [2.45, 2.75) is 19.1 Å². The highest BCUT2D eigenvalue weighted by Crippen LogP contribution is 2.21. The molecule has 1 aliphatic rings. The Balaban J connectivity index is 1.74. The average molecular weight is 257 g/mol. The van der Waals surface area contributed by atoms with E-state index >= 15 is 0 Å². The number of aromatic hydroxyl groups is 1. The van der Waals surface area contributed by atoms with Crippen molar-refractivity contribution < 1.29 is 9.84 Å². The number of phenolic OH excluding ortho intramolecular Hbond substituents is 1. The summed E-state index contributed by atoms with van der Waals surface area (Å²) in [7, 11) is 0. The molecule has 1 unspecified atom stereocenters. The molecule has 5 nitrogen and oxygen atoms in total. The van der Waals surface area contributed by atoms with E-state index in [1.165, 1.54) is 0 Å². The van der Waals surface area contributed by atoms with Crippen LogP contribution in [0, 0.1) is 0 Å². The van der Waals surface area contributed by atoms with Crippen LogP contribution in [0.1, 0.15) is 12.8 Å². The topological polar surface area (TPSA) is 67.3 Å². The predicted octanol–water partition coefficient (Wildman–Crippen LogP) is 1.94. The van der Waals surface area contributed by atoms with E-state index in [9.17, 15) is 5.11 Å². The third-order valence-corrected chi connectivity index (χ3v) is 3.03. The van der Waals surface area contributed by atoms with E-state index in [0.29, 0.717) is 11.6 Å². The summed E-state index contributed by atoms with van der Waals surface area (Å²) in [5.41, 5.74) is 0.783. The second-order valence-electron chi connectivity index (χ2n) is 4.50. The molecule has 0 spiro atoms. The van der Waals surface area contributed by atoms with Crippen molar-refractivity contribution in [1.29, 1.82) is 0 Å². The molecule has 1 saturated heterocycles. The molecule has 0 saturated carbocycles. The highest BCUT2D eigenvalue weighted by Gasteiger charge is 2.15. The van der Waals surface area contributed by atoms with Gasteiger partial charge in [-0.05, 0) is 31.5 Å². The largest absolute Gasteiger partial charge is 0.508 e. The molecule has 1 aromatic heterocycles. The number of benzene rings is 1. The first-order chi connectivity index (χ1) is 9.31. The molecule has 98 valence electrons. The molecule has 1 atom stereocenters. The fraction of sp³-hybridized carbons (Fsp3) is 0.286. The van der Waals surface area contributed by atoms with Crippen molar-refractivity contribution in [3.63, 3.8) is 0 Å². The Labute approximate surface area is 111 Å². The van der Waals surface area contributed by atoms with Crippen molar-refractivity contribution in [2.24, 2.45) is 0 Å². The van der Waals surface area contributed by atoms with E-state index in [4.69, 9.17) is 4.74 Å². The number of nitrogens with zero attached hydrogens (tertiary/aromatic N) is 2. The van der Waals surface area contributed by atoms with Gasteiger partial charge in [0.05, 0.1) is 12.4 Å². The normalized spacial score (nSPS) is 18.4. The molecular weight excluding hydrogens is 242 g/mol. The maximum Gasteiger partial charge on any atom is 0.159 e. The molecule has 0 bridgehead atoms. The highest BCUT2D eigenvalue weighted by molar-refractivity contribution is 5.57. The van der Waals surface area contributed by atoms with Gasteiger partial charge in [0.15, 0.2) is 11.6 Å². The Morgan fingerprint density at radius 2 is 2.11 bits per heavy atom. The number of aromatic nitrogens is 2. The van der Waals surface area contributed by atoms with Crippen LogP contribution < -0.4 is 10.1 Å². The van der Waals surface area contributed by atoms with Crippen LogP contribution >= 0.6 is 0 Å². The molecule has 1 fully saturated rings. The third-order valence-electron chi connectivity index (χ3n) is 3.03. The van der Waals surface area contributed by atoms with Gasteiger partial charge in [0, 0.05) is 5.56 Å². The van der Waals surface area contributed by atoms with Crippen LogP contribution in [0.3, 0.4) is 0 Å². The fourth-order valence-corrected chi connectivity index (χ4v) is 2.09. The minimum absolute atomic E-state index is 0.0650. The number of hydrogen-bond donors (Lipinski definition) is 2. The molecule has 2 aromatic rings. The Kier molecular flexibility index (Phi) is 3.29. The number of ether oxygens (including phenoxy) is 1. The summed E-state index contributed by atoms with van der Waals surface area (Å²) in [5, 5.41) is 12.7. The zero-order chi connectivity index (χ0) is 13.1. The quantitative estimate of drug-likeness (QED) is 0.879. The van der Waals surface area contributed by atoms with Gasteiger partial charge in [0.25, 0.3) is 0 Å². The summed E-state index contributed by atoms with van der Waals surface area (Å²) in [5.74, 6) is 1.43. The van der Waals surface area contributed by atoms with Gasteiger partial charge in [0.2, 0.25) is 0 Å². The number of nitrogens with one attached hydrogen (secondary N) is 1. The Bertz CT molecular complexity index is 551. The van der Waals surface area contributed by atoms with Crippen molar-refractivity contribution in [2.75, 3.05) is 6.54 Å². The molecule has 19 heavy (non-hydrogen) atoms. The van der Waals surface area contributed by atoms with Crippen LogP contribution in [0.4, 0.5) is 0 Å². The molecule has 0 aliphatic carbocycles. The van der Waals surface area contributed by atoms with E-state index in [1.807, 2.05) is 6.07 Å². The smallest absolute Gasteiger partial charge is 0.159 e. The zero-order valence-corrected chi connectivity index (χ0v) is 10.4. The van der Waals surface area contributed by atoms with E-state index in [0.717, 1.165) is 24.9 Å². The van der Waals surface area contributed by atoms with Gasteiger partial charge in [-0.25, -0.2) is 9.97 Å². The first-order valence-electron chi connectivity index (χ1n) is 6.33. The summed E-state index contributed by atoms with van der Waals surface area (Å²) in [6, 6.07) is 6.87. The predicted molar refractivity (Wildman–Crippen MR) is 70.8 cm³/mol. The average Bonchev–Trinajstić information content (AvgIpc) is 2.92. The summed E-state index contributed by atoms with van der Waals surface area (Å²) >= 11 is 0. The van der Waals surface area contributed by atoms with Crippen LogP contribution in [0.15, 0.2) is 36.7 Å². The Morgan fingerprint density at radius 3 is 2.79 bits per heavy atom. The van der Waals surface area contributed by atoms with Crippen molar-refractivity contribution in [1.82, 2.24) is 15.3 Å². The van der Waals surface area contributed by atoms with E-state index < -0.39 is 0 Å². The standard InChI is InChI=1S/C14H15N3O2/c18-11-4-1-3-10(7-11)14-16-8-12(9-17-14)19-13-5-2-6-15-13/h1,3-4,7-9,13,15,18H,2,5-6H2. The summed E-state index contributed by atoms with van der Waals surface area (Å²) < 4.78 is 5.70. The SMILES string of the molecule is Oc1cccc(-c2ncc(OC3CCCN3)cn2)c1. The van der Waals surface area contributed by atoms with Crippen molar-refractivity contribution in [3.8, 4) is 22.9 Å². The van der Waals surface area contributed by atoms with Gasteiger partial charge in [0.1, 0.15) is 12.0 Å². The maximum absolute atomic E-state index is 9.43. The number of hydrogen-bond acceptors (Lipinski definition) is 5. The summed E-state index contributed by atoms with van der Waals surface area (Å²) in [4.78, 5) is 8.51. The highest BCUT2D eigenvalue weighted by atomic mass is 16.5. The molecule has 3 rings (SSSR count). The molecule has 2 heterocycles. The van der Waals surface area contributed by atoms with Crippen LogP contribution in [-0.2, 0) is 0 Å². The first-order valence-corrected chi connectivity index (χ1v) is 6.33. The van der Waals surface area contributed by atoms with Gasteiger partial charge >= 0.3 is 0 Å². The lowest BCUT2D eigenvalue weighted by molar-refractivity contribution is 0.186. The van der Waals surface area contributed by atoms with E-state index in [1.54, 1.807) is 30.6 Å². The van der Waals surface area contributed by atoms with Crippen LogP contribution in [0.25, 0.3) is 11.4 Å². The van der Waals surface area contributed by atoms with Crippen molar-refractivity contribution in [3.05, 3.63) is 36.7 Å². The Hall–Kier alpha value is -2.14.